The van der Waals surface area contributed by atoms with Crippen LogP contribution < -0.4 is 4.74 Å². The Morgan fingerprint density at radius 1 is 1.21 bits per heavy atom. The minimum atomic E-state index is -0.868. The van der Waals surface area contributed by atoms with Gasteiger partial charge in [-0.2, -0.15) is 0 Å². The molecule has 1 unspecified atom stereocenters. The van der Waals surface area contributed by atoms with Crippen LogP contribution in [0, 0.1) is 5.92 Å². The molecule has 2 aromatic carbocycles. The number of hydrogen-bond donors (Lipinski definition) is 0. The largest absolute Gasteiger partial charge is 0.494 e. The van der Waals surface area contributed by atoms with Gasteiger partial charge >= 0.3 is 5.97 Å². The number of benzene rings is 2. The SMILES string of the molecule is CCOc1ccc2nc(SC(C)(C(=O)OCC(C)C)c3ccccc3)sc2c1. The Morgan fingerprint density at radius 3 is 2.64 bits per heavy atom. The zero-order valence-corrected chi connectivity index (χ0v) is 18.2. The lowest BCUT2D eigenvalue weighted by molar-refractivity contribution is -0.147. The topological polar surface area (TPSA) is 48.4 Å². The van der Waals surface area contributed by atoms with Crippen LogP contribution in [0.2, 0.25) is 0 Å². The fourth-order valence-electron chi connectivity index (χ4n) is 2.71. The molecule has 0 N–H and O–H groups in total. The molecule has 148 valence electrons. The maximum Gasteiger partial charge on any atom is 0.326 e. The van der Waals surface area contributed by atoms with Crippen molar-refractivity contribution in [1.29, 1.82) is 0 Å². The van der Waals surface area contributed by atoms with E-state index in [-0.39, 0.29) is 11.9 Å². The first-order valence-electron chi connectivity index (χ1n) is 9.37. The lowest BCUT2D eigenvalue weighted by atomic mass is 10.0. The fourth-order valence-corrected chi connectivity index (χ4v) is 5.26. The predicted octanol–water partition coefficient (Wildman–Crippen LogP) is 5.90. The number of carbonyl (C=O) groups excluding carboxylic acids is 1. The van der Waals surface area contributed by atoms with Gasteiger partial charge in [0.15, 0.2) is 4.34 Å². The summed E-state index contributed by atoms with van der Waals surface area (Å²) in [5.41, 5.74) is 1.81. The Balaban J connectivity index is 1.93. The average molecular weight is 416 g/mol. The van der Waals surface area contributed by atoms with E-state index in [2.05, 4.69) is 0 Å². The van der Waals surface area contributed by atoms with Crippen molar-refractivity contribution >= 4 is 39.3 Å². The molecule has 0 aliphatic carbocycles. The highest BCUT2D eigenvalue weighted by Crippen LogP contribution is 2.45. The highest BCUT2D eigenvalue weighted by Gasteiger charge is 2.39. The molecule has 3 aromatic rings. The molecule has 28 heavy (non-hydrogen) atoms. The molecule has 0 saturated heterocycles. The summed E-state index contributed by atoms with van der Waals surface area (Å²) in [5, 5.41) is 0. The summed E-state index contributed by atoms with van der Waals surface area (Å²) in [4.78, 5) is 17.8. The number of ether oxygens (including phenoxy) is 2. The van der Waals surface area contributed by atoms with Crippen molar-refractivity contribution in [2.24, 2.45) is 5.92 Å². The van der Waals surface area contributed by atoms with E-state index in [1.807, 2.05) is 76.2 Å². The summed E-state index contributed by atoms with van der Waals surface area (Å²) in [6, 6.07) is 15.6. The number of hydrogen-bond acceptors (Lipinski definition) is 6. The molecule has 6 heteroatoms. The molecular formula is C22H25NO3S2. The second-order valence-electron chi connectivity index (χ2n) is 7.04. The Labute approximate surface area is 174 Å². The summed E-state index contributed by atoms with van der Waals surface area (Å²) in [5.74, 6) is 0.873. The zero-order chi connectivity index (χ0) is 20.1. The Bertz CT molecular complexity index is 939. The normalized spacial score (nSPS) is 13.5. The number of rotatable bonds is 8. The first-order chi connectivity index (χ1) is 13.4. The Hall–Kier alpha value is -2.05. The standard InChI is InChI=1S/C22H25NO3S2/c1-5-25-17-11-12-18-19(13-17)27-21(23-18)28-22(4,16-9-7-6-8-10-16)20(24)26-14-15(2)3/h6-13,15H,5,14H2,1-4H3. The first-order valence-corrected chi connectivity index (χ1v) is 11.0. The fraction of sp³-hybridized carbons (Fsp3) is 0.364. The quantitative estimate of drug-likeness (QED) is 0.338. The van der Waals surface area contributed by atoms with Gasteiger partial charge in [0.1, 0.15) is 10.5 Å². The molecule has 0 saturated carbocycles. The maximum absolute atomic E-state index is 13.0. The number of aromatic nitrogens is 1. The second-order valence-corrected chi connectivity index (χ2v) is 9.73. The average Bonchev–Trinajstić information content (AvgIpc) is 3.08. The van der Waals surface area contributed by atoms with Crippen LogP contribution in [0.1, 0.15) is 33.3 Å². The Morgan fingerprint density at radius 2 is 1.96 bits per heavy atom. The minimum Gasteiger partial charge on any atom is -0.494 e. The van der Waals surface area contributed by atoms with Crippen LogP contribution in [0.5, 0.6) is 5.75 Å². The molecule has 0 amide bonds. The molecule has 4 nitrogen and oxygen atoms in total. The van der Waals surface area contributed by atoms with Gasteiger partial charge in [-0.15, -0.1) is 11.3 Å². The number of fused-ring (bicyclic) bond motifs is 1. The lowest BCUT2D eigenvalue weighted by Gasteiger charge is -2.26. The molecule has 3 rings (SSSR count). The van der Waals surface area contributed by atoms with Crippen molar-refractivity contribution in [2.45, 2.75) is 36.8 Å². The van der Waals surface area contributed by atoms with Crippen LogP contribution in [0.4, 0.5) is 0 Å². The third-order valence-corrected chi connectivity index (χ3v) is 6.59. The van der Waals surface area contributed by atoms with Crippen LogP contribution in [-0.2, 0) is 14.3 Å². The minimum absolute atomic E-state index is 0.244. The molecule has 1 heterocycles. The van der Waals surface area contributed by atoms with Crippen molar-refractivity contribution in [2.75, 3.05) is 13.2 Å². The first kappa shape index (κ1) is 20.7. The van der Waals surface area contributed by atoms with E-state index in [0.29, 0.717) is 13.2 Å². The van der Waals surface area contributed by atoms with Gasteiger partial charge in [0.2, 0.25) is 0 Å². The van der Waals surface area contributed by atoms with Gasteiger partial charge in [-0.3, -0.25) is 4.79 Å². The molecule has 0 radical (unpaired) electrons. The van der Waals surface area contributed by atoms with Crippen LogP contribution in [0.25, 0.3) is 10.2 Å². The van der Waals surface area contributed by atoms with E-state index in [1.54, 1.807) is 11.3 Å². The van der Waals surface area contributed by atoms with Gasteiger partial charge in [-0.05, 0) is 43.5 Å². The number of thiazole rings is 1. The van der Waals surface area contributed by atoms with Crippen molar-refractivity contribution in [3.63, 3.8) is 0 Å². The van der Waals surface area contributed by atoms with E-state index in [4.69, 9.17) is 14.5 Å². The molecule has 0 aliphatic heterocycles. The molecule has 1 atom stereocenters. The third-order valence-electron chi connectivity index (χ3n) is 4.20. The number of esters is 1. The molecule has 0 spiro atoms. The smallest absolute Gasteiger partial charge is 0.326 e. The monoisotopic (exact) mass is 415 g/mol. The third kappa shape index (κ3) is 4.67. The van der Waals surface area contributed by atoms with Crippen molar-refractivity contribution in [3.8, 4) is 5.75 Å². The van der Waals surface area contributed by atoms with Gasteiger partial charge in [-0.1, -0.05) is 55.9 Å². The van der Waals surface area contributed by atoms with Crippen LogP contribution in [-0.4, -0.2) is 24.2 Å². The number of thioether (sulfide) groups is 1. The lowest BCUT2D eigenvalue weighted by Crippen LogP contribution is -2.32. The molecule has 0 fully saturated rings. The van der Waals surface area contributed by atoms with E-state index >= 15 is 0 Å². The molecular weight excluding hydrogens is 390 g/mol. The maximum atomic E-state index is 13.0. The summed E-state index contributed by atoms with van der Waals surface area (Å²) in [7, 11) is 0. The van der Waals surface area contributed by atoms with Crippen molar-refractivity contribution in [3.05, 3.63) is 54.1 Å². The van der Waals surface area contributed by atoms with E-state index in [1.165, 1.54) is 11.8 Å². The zero-order valence-electron chi connectivity index (χ0n) is 16.6. The van der Waals surface area contributed by atoms with Crippen molar-refractivity contribution in [1.82, 2.24) is 4.98 Å². The number of nitrogens with zero attached hydrogens (tertiary/aromatic N) is 1. The van der Waals surface area contributed by atoms with Gasteiger partial charge in [-0.25, -0.2) is 4.98 Å². The van der Waals surface area contributed by atoms with E-state index < -0.39 is 4.75 Å². The van der Waals surface area contributed by atoms with Crippen molar-refractivity contribution < 1.29 is 14.3 Å². The van der Waals surface area contributed by atoms with E-state index in [9.17, 15) is 4.79 Å². The van der Waals surface area contributed by atoms with Gasteiger partial charge in [0.25, 0.3) is 0 Å². The highest BCUT2D eigenvalue weighted by atomic mass is 32.2. The molecule has 0 aliphatic rings. The van der Waals surface area contributed by atoms with Gasteiger partial charge in [0.05, 0.1) is 23.4 Å². The van der Waals surface area contributed by atoms with Gasteiger partial charge in [0, 0.05) is 0 Å². The summed E-state index contributed by atoms with van der Waals surface area (Å²) < 4.78 is 12.2. The highest BCUT2D eigenvalue weighted by molar-refractivity contribution is 8.02. The summed E-state index contributed by atoms with van der Waals surface area (Å²) in [6.07, 6.45) is 0. The van der Waals surface area contributed by atoms with Crippen LogP contribution in [0.3, 0.4) is 0 Å². The van der Waals surface area contributed by atoms with Crippen LogP contribution in [0.15, 0.2) is 52.9 Å². The summed E-state index contributed by atoms with van der Waals surface area (Å²) >= 11 is 3.01. The number of carbonyl (C=O) groups is 1. The van der Waals surface area contributed by atoms with Crippen LogP contribution >= 0.6 is 23.1 Å². The second kappa shape index (κ2) is 8.97. The predicted molar refractivity (Wildman–Crippen MR) is 116 cm³/mol. The molecule has 0 bridgehead atoms. The van der Waals surface area contributed by atoms with Gasteiger partial charge < -0.3 is 9.47 Å². The Kier molecular flexibility index (Phi) is 6.62. The summed E-state index contributed by atoms with van der Waals surface area (Å²) in [6.45, 7) is 8.96. The van der Waals surface area contributed by atoms with E-state index in [0.717, 1.165) is 25.9 Å². The molecule has 1 aromatic heterocycles.